The minimum Gasteiger partial charge on any atom is -0.316 e. The van der Waals surface area contributed by atoms with E-state index in [2.05, 4.69) is 51.6 Å². The van der Waals surface area contributed by atoms with E-state index in [1.807, 2.05) is 0 Å². The van der Waals surface area contributed by atoms with Crippen LogP contribution in [0.2, 0.25) is 0 Å². The lowest BCUT2D eigenvalue weighted by Crippen LogP contribution is -2.34. The second-order valence-electron chi connectivity index (χ2n) is 5.87. The summed E-state index contributed by atoms with van der Waals surface area (Å²) < 4.78 is 1.23. The number of halogens is 1. The van der Waals surface area contributed by atoms with Crippen molar-refractivity contribution in [1.29, 1.82) is 0 Å². The molecule has 2 nitrogen and oxygen atoms in total. The summed E-state index contributed by atoms with van der Waals surface area (Å²) in [7, 11) is 2.23. The Balaban J connectivity index is 1.69. The molecule has 2 atom stereocenters. The third-order valence-electron chi connectivity index (χ3n) is 4.18. The molecule has 0 amide bonds. The van der Waals surface area contributed by atoms with Crippen LogP contribution in [-0.4, -0.2) is 31.6 Å². The largest absolute Gasteiger partial charge is 0.316 e. The average Bonchev–Trinajstić information content (AvgIpc) is 2.82. The van der Waals surface area contributed by atoms with Crippen LogP contribution < -0.4 is 5.32 Å². The van der Waals surface area contributed by atoms with Gasteiger partial charge in [0.2, 0.25) is 0 Å². The van der Waals surface area contributed by atoms with Crippen LogP contribution in [0.1, 0.15) is 31.7 Å². The van der Waals surface area contributed by atoms with E-state index in [9.17, 15) is 0 Å². The lowest BCUT2D eigenvalue weighted by atomic mass is 9.85. The van der Waals surface area contributed by atoms with Crippen LogP contribution in [0, 0.1) is 11.8 Å². The van der Waals surface area contributed by atoms with Crippen molar-refractivity contribution in [2.45, 2.75) is 32.7 Å². The summed E-state index contributed by atoms with van der Waals surface area (Å²) in [6, 6.07) is 2.23. The highest BCUT2D eigenvalue weighted by Crippen LogP contribution is 2.24. The van der Waals surface area contributed by atoms with Gasteiger partial charge in [0.05, 0.1) is 3.79 Å². The molecule has 0 saturated carbocycles. The van der Waals surface area contributed by atoms with E-state index in [-0.39, 0.29) is 0 Å². The first kappa shape index (κ1) is 15.5. The van der Waals surface area contributed by atoms with Crippen LogP contribution in [-0.2, 0) is 6.54 Å². The highest BCUT2D eigenvalue weighted by molar-refractivity contribution is 9.11. The Hall–Kier alpha value is 0.1000. The Labute approximate surface area is 129 Å². The predicted octanol–water partition coefficient (Wildman–Crippen LogP) is 3.97. The minimum atomic E-state index is 0.837. The van der Waals surface area contributed by atoms with E-state index >= 15 is 0 Å². The second-order valence-corrected chi connectivity index (χ2v) is 8.16. The molecule has 1 fully saturated rings. The molecular formula is C15H25BrN2S. The minimum absolute atomic E-state index is 0.837. The zero-order valence-electron chi connectivity index (χ0n) is 12.0. The number of nitrogens with zero attached hydrogens (tertiary/aromatic N) is 1. The smallest absolute Gasteiger partial charge is 0.0701 e. The average molecular weight is 345 g/mol. The maximum absolute atomic E-state index is 3.53. The topological polar surface area (TPSA) is 15.3 Å². The summed E-state index contributed by atoms with van der Waals surface area (Å²) >= 11 is 5.30. The van der Waals surface area contributed by atoms with Crippen LogP contribution in [0.4, 0.5) is 0 Å². The van der Waals surface area contributed by atoms with Crippen molar-refractivity contribution in [2.75, 3.05) is 26.7 Å². The fourth-order valence-corrected chi connectivity index (χ4v) is 4.04. The first-order valence-electron chi connectivity index (χ1n) is 7.27. The monoisotopic (exact) mass is 344 g/mol. The zero-order valence-corrected chi connectivity index (χ0v) is 14.4. The second kappa shape index (κ2) is 7.77. The maximum Gasteiger partial charge on any atom is 0.0701 e. The summed E-state index contributed by atoms with van der Waals surface area (Å²) in [5, 5.41) is 5.77. The number of rotatable bonds is 6. The number of thiophene rings is 1. The highest BCUT2D eigenvalue weighted by Gasteiger charge is 2.19. The van der Waals surface area contributed by atoms with Crippen LogP contribution >= 0.6 is 27.3 Å². The van der Waals surface area contributed by atoms with Gasteiger partial charge in [0.25, 0.3) is 0 Å². The third kappa shape index (κ3) is 5.18. The lowest BCUT2D eigenvalue weighted by molar-refractivity contribution is 0.229. The molecule has 0 spiro atoms. The molecule has 2 unspecified atom stereocenters. The molecule has 1 aromatic heterocycles. The molecule has 0 bridgehead atoms. The lowest BCUT2D eigenvalue weighted by Gasteiger charge is -2.29. The molecule has 1 saturated heterocycles. The van der Waals surface area contributed by atoms with E-state index in [4.69, 9.17) is 0 Å². The highest BCUT2D eigenvalue weighted by atomic mass is 79.9. The van der Waals surface area contributed by atoms with Gasteiger partial charge in [-0.3, -0.25) is 0 Å². The Kier molecular flexibility index (Phi) is 6.33. The van der Waals surface area contributed by atoms with Crippen molar-refractivity contribution >= 4 is 27.3 Å². The summed E-state index contributed by atoms with van der Waals surface area (Å²) in [6.07, 6.45) is 4.08. The fourth-order valence-electron chi connectivity index (χ4n) is 2.84. The van der Waals surface area contributed by atoms with Gasteiger partial charge in [0.1, 0.15) is 0 Å². The number of hydrogen-bond donors (Lipinski definition) is 1. The Bertz CT molecular complexity index is 374. The summed E-state index contributed by atoms with van der Waals surface area (Å²) in [5.74, 6) is 1.72. The SMILES string of the molecule is CC(CCN(C)Cc1csc(Br)c1)C1CCCNC1. The molecule has 1 N–H and O–H groups in total. The van der Waals surface area contributed by atoms with Gasteiger partial charge in [-0.1, -0.05) is 6.92 Å². The van der Waals surface area contributed by atoms with Gasteiger partial charge in [-0.2, -0.15) is 0 Å². The molecule has 0 radical (unpaired) electrons. The molecular weight excluding hydrogens is 320 g/mol. The third-order valence-corrected chi connectivity index (χ3v) is 5.73. The predicted molar refractivity (Wildman–Crippen MR) is 87.7 cm³/mol. The van der Waals surface area contributed by atoms with Crippen molar-refractivity contribution in [1.82, 2.24) is 10.2 Å². The molecule has 4 heteroatoms. The maximum atomic E-state index is 3.53. The van der Waals surface area contributed by atoms with E-state index in [0.29, 0.717) is 0 Å². The fraction of sp³-hybridized carbons (Fsp3) is 0.733. The van der Waals surface area contributed by atoms with Gasteiger partial charge in [-0.05, 0) is 90.7 Å². The number of nitrogens with one attached hydrogen (secondary N) is 1. The molecule has 2 heterocycles. The van der Waals surface area contributed by atoms with E-state index in [1.54, 1.807) is 11.3 Å². The van der Waals surface area contributed by atoms with Gasteiger partial charge in [-0.15, -0.1) is 11.3 Å². The quantitative estimate of drug-likeness (QED) is 0.839. The first-order valence-corrected chi connectivity index (χ1v) is 8.94. The Morgan fingerprint density at radius 2 is 2.42 bits per heavy atom. The Morgan fingerprint density at radius 3 is 3.05 bits per heavy atom. The van der Waals surface area contributed by atoms with Crippen LogP contribution in [0.5, 0.6) is 0 Å². The van der Waals surface area contributed by atoms with Crippen LogP contribution in [0.25, 0.3) is 0 Å². The molecule has 19 heavy (non-hydrogen) atoms. The normalized spacial score (nSPS) is 21.8. The van der Waals surface area contributed by atoms with Crippen molar-refractivity contribution < 1.29 is 0 Å². The van der Waals surface area contributed by atoms with E-state index in [1.165, 1.54) is 48.2 Å². The molecule has 2 rings (SSSR count). The molecule has 0 aromatic carbocycles. The number of piperidine rings is 1. The molecule has 1 aromatic rings. The van der Waals surface area contributed by atoms with Crippen molar-refractivity contribution in [3.8, 4) is 0 Å². The number of hydrogen-bond acceptors (Lipinski definition) is 3. The van der Waals surface area contributed by atoms with Crippen molar-refractivity contribution in [3.63, 3.8) is 0 Å². The van der Waals surface area contributed by atoms with Crippen LogP contribution in [0.15, 0.2) is 15.2 Å². The molecule has 1 aliphatic heterocycles. The van der Waals surface area contributed by atoms with Gasteiger partial charge in [-0.25, -0.2) is 0 Å². The van der Waals surface area contributed by atoms with Gasteiger partial charge in [0, 0.05) is 6.54 Å². The van der Waals surface area contributed by atoms with Crippen molar-refractivity contribution in [3.05, 3.63) is 20.8 Å². The standard InChI is InChI=1S/C15H25BrN2S/c1-12(14-4-3-6-17-9-14)5-7-18(2)10-13-8-15(16)19-11-13/h8,11-12,14,17H,3-7,9-10H2,1-2H3. The molecule has 0 aliphatic carbocycles. The first-order chi connectivity index (χ1) is 9.15. The van der Waals surface area contributed by atoms with Crippen LogP contribution in [0.3, 0.4) is 0 Å². The molecule has 108 valence electrons. The van der Waals surface area contributed by atoms with Gasteiger partial charge in [0.15, 0.2) is 0 Å². The van der Waals surface area contributed by atoms with Gasteiger partial charge >= 0.3 is 0 Å². The Morgan fingerprint density at radius 1 is 1.58 bits per heavy atom. The summed E-state index contributed by atoms with van der Waals surface area (Å²) in [6.45, 7) is 7.13. The van der Waals surface area contributed by atoms with Crippen molar-refractivity contribution in [2.24, 2.45) is 11.8 Å². The zero-order chi connectivity index (χ0) is 13.7. The van der Waals surface area contributed by atoms with Gasteiger partial charge < -0.3 is 10.2 Å². The van der Waals surface area contributed by atoms with E-state index < -0.39 is 0 Å². The molecule has 1 aliphatic rings. The summed E-state index contributed by atoms with van der Waals surface area (Å²) in [5.41, 5.74) is 1.42. The summed E-state index contributed by atoms with van der Waals surface area (Å²) in [4.78, 5) is 2.45. The van der Waals surface area contributed by atoms with E-state index in [0.717, 1.165) is 18.4 Å².